The average Bonchev–Trinajstić information content (AvgIpc) is 2.61. The van der Waals surface area contributed by atoms with Gasteiger partial charge >= 0.3 is 0 Å². The van der Waals surface area contributed by atoms with Crippen molar-refractivity contribution < 1.29 is 9.53 Å². The lowest BCUT2D eigenvalue weighted by molar-refractivity contribution is -0.113. The number of ether oxygens (including phenoxy) is 1. The number of hydrogen-bond donors (Lipinski definition) is 1. The molecule has 1 aromatic rings. The Labute approximate surface area is 100 Å². The largest absolute Gasteiger partial charge is 0.497 e. The van der Waals surface area contributed by atoms with E-state index in [1.165, 1.54) is 5.56 Å². The van der Waals surface area contributed by atoms with E-state index in [2.05, 4.69) is 11.4 Å². The molecule has 1 heterocycles. The van der Waals surface area contributed by atoms with Crippen LogP contribution in [0, 0.1) is 0 Å². The molecule has 0 radical (unpaired) electrons. The summed E-state index contributed by atoms with van der Waals surface area (Å²) in [5, 5.41) is 3.38. The Kier molecular flexibility index (Phi) is 2.39. The Bertz CT molecular complexity index is 517. The van der Waals surface area contributed by atoms with E-state index in [1.54, 1.807) is 7.11 Å². The van der Waals surface area contributed by atoms with E-state index in [-0.39, 0.29) is 5.78 Å². The third-order valence-corrected chi connectivity index (χ3v) is 3.50. The standard InChI is InChI=1S/C14H15NO2/c1-17-10-3-2-9-6-7-15-12-4-5-13(16)14(12)11(9)8-10/h2-3,8,15H,4-7H2,1H3. The van der Waals surface area contributed by atoms with E-state index < -0.39 is 0 Å². The zero-order valence-electron chi connectivity index (χ0n) is 9.88. The number of nitrogens with one attached hydrogen (secondary N) is 1. The molecule has 0 amide bonds. The summed E-state index contributed by atoms with van der Waals surface area (Å²) in [5.41, 5.74) is 4.30. The molecule has 3 heteroatoms. The molecule has 2 aliphatic rings. The van der Waals surface area contributed by atoms with Crippen LogP contribution in [-0.4, -0.2) is 19.4 Å². The van der Waals surface area contributed by atoms with Gasteiger partial charge in [-0.3, -0.25) is 4.79 Å². The molecule has 0 spiro atoms. The number of ketones is 1. The lowest BCUT2D eigenvalue weighted by Crippen LogP contribution is -2.13. The highest BCUT2D eigenvalue weighted by molar-refractivity contribution is 6.24. The SMILES string of the molecule is COc1ccc2c(c1)C1=C(CCC1=O)NCC2. The second kappa shape index (κ2) is 3.91. The summed E-state index contributed by atoms with van der Waals surface area (Å²) in [6.45, 7) is 0.908. The van der Waals surface area contributed by atoms with Crippen LogP contribution in [0.2, 0.25) is 0 Å². The van der Waals surface area contributed by atoms with Crippen molar-refractivity contribution in [1.82, 2.24) is 5.32 Å². The minimum atomic E-state index is 0.254. The van der Waals surface area contributed by atoms with Crippen molar-refractivity contribution in [3.05, 3.63) is 35.0 Å². The lowest BCUT2D eigenvalue weighted by Gasteiger charge is -2.09. The highest BCUT2D eigenvalue weighted by atomic mass is 16.5. The van der Waals surface area contributed by atoms with Gasteiger partial charge in [-0.1, -0.05) is 6.07 Å². The van der Waals surface area contributed by atoms with Gasteiger partial charge in [0, 0.05) is 24.2 Å². The summed E-state index contributed by atoms with van der Waals surface area (Å²) >= 11 is 0. The number of rotatable bonds is 1. The first-order chi connectivity index (χ1) is 8.29. The van der Waals surface area contributed by atoms with Crippen LogP contribution in [0.5, 0.6) is 5.75 Å². The van der Waals surface area contributed by atoms with Crippen LogP contribution in [0.1, 0.15) is 24.0 Å². The average molecular weight is 229 g/mol. The van der Waals surface area contributed by atoms with Gasteiger partial charge in [0.1, 0.15) is 5.75 Å². The van der Waals surface area contributed by atoms with E-state index in [0.29, 0.717) is 6.42 Å². The van der Waals surface area contributed by atoms with Crippen molar-refractivity contribution in [2.24, 2.45) is 0 Å². The first-order valence-electron chi connectivity index (χ1n) is 5.97. The van der Waals surface area contributed by atoms with E-state index in [4.69, 9.17) is 4.74 Å². The maximum absolute atomic E-state index is 12.0. The second-order valence-electron chi connectivity index (χ2n) is 4.48. The normalized spacial score (nSPS) is 18.3. The van der Waals surface area contributed by atoms with Gasteiger partial charge in [-0.15, -0.1) is 0 Å². The lowest BCUT2D eigenvalue weighted by atomic mass is 9.96. The Morgan fingerprint density at radius 1 is 1.24 bits per heavy atom. The fourth-order valence-electron chi connectivity index (χ4n) is 2.63. The highest BCUT2D eigenvalue weighted by Crippen LogP contribution is 2.35. The smallest absolute Gasteiger partial charge is 0.165 e. The van der Waals surface area contributed by atoms with Crippen LogP contribution in [0.4, 0.5) is 0 Å². The van der Waals surface area contributed by atoms with Gasteiger partial charge in [-0.25, -0.2) is 0 Å². The van der Waals surface area contributed by atoms with Gasteiger partial charge in [0.05, 0.1) is 7.11 Å². The predicted molar refractivity (Wildman–Crippen MR) is 65.9 cm³/mol. The molecule has 0 aromatic heterocycles. The summed E-state index contributed by atoms with van der Waals surface area (Å²) in [6, 6.07) is 6.02. The first kappa shape index (κ1) is 10.4. The Morgan fingerprint density at radius 2 is 2.12 bits per heavy atom. The Balaban J connectivity index is 2.18. The number of carbonyl (C=O) groups is 1. The van der Waals surface area contributed by atoms with Gasteiger partial charge in [0.15, 0.2) is 5.78 Å². The van der Waals surface area contributed by atoms with Crippen molar-refractivity contribution in [3.8, 4) is 5.75 Å². The van der Waals surface area contributed by atoms with Gasteiger partial charge in [0.25, 0.3) is 0 Å². The van der Waals surface area contributed by atoms with Crippen molar-refractivity contribution >= 4 is 11.4 Å². The summed E-state index contributed by atoms with van der Waals surface area (Å²) in [5.74, 6) is 1.07. The van der Waals surface area contributed by atoms with Crippen molar-refractivity contribution in [2.45, 2.75) is 19.3 Å². The van der Waals surface area contributed by atoms with Gasteiger partial charge < -0.3 is 10.1 Å². The summed E-state index contributed by atoms with van der Waals surface area (Å²) in [4.78, 5) is 12.0. The molecular formula is C14H15NO2. The zero-order chi connectivity index (χ0) is 11.8. The number of benzene rings is 1. The molecule has 0 atom stereocenters. The summed E-state index contributed by atoms with van der Waals surface area (Å²) < 4.78 is 5.25. The Morgan fingerprint density at radius 3 is 2.94 bits per heavy atom. The zero-order valence-corrected chi connectivity index (χ0v) is 9.88. The molecule has 0 saturated carbocycles. The highest BCUT2D eigenvalue weighted by Gasteiger charge is 2.27. The molecule has 0 saturated heterocycles. The molecule has 1 aliphatic heterocycles. The molecule has 0 fully saturated rings. The van der Waals surface area contributed by atoms with Crippen LogP contribution in [0.25, 0.3) is 5.57 Å². The topological polar surface area (TPSA) is 38.3 Å². The number of methoxy groups -OCH3 is 1. The van der Waals surface area contributed by atoms with E-state index in [0.717, 1.165) is 42.0 Å². The molecule has 0 bridgehead atoms. The molecule has 3 rings (SSSR count). The van der Waals surface area contributed by atoms with Crippen molar-refractivity contribution in [1.29, 1.82) is 0 Å². The number of carbonyl (C=O) groups excluding carboxylic acids is 1. The summed E-state index contributed by atoms with van der Waals surface area (Å²) in [7, 11) is 1.66. The molecule has 1 aromatic carbocycles. The summed E-state index contributed by atoms with van der Waals surface area (Å²) in [6.07, 6.45) is 2.44. The van der Waals surface area contributed by atoms with Gasteiger partial charge in [0.2, 0.25) is 0 Å². The van der Waals surface area contributed by atoms with E-state index in [1.807, 2.05) is 12.1 Å². The molecule has 88 valence electrons. The van der Waals surface area contributed by atoms with Crippen molar-refractivity contribution in [2.75, 3.05) is 13.7 Å². The molecule has 17 heavy (non-hydrogen) atoms. The molecule has 1 aliphatic carbocycles. The minimum absolute atomic E-state index is 0.254. The fraction of sp³-hybridized carbons (Fsp3) is 0.357. The predicted octanol–water partition coefficient (Wildman–Crippen LogP) is 1.91. The van der Waals surface area contributed by atoms with Crippen LogP contribution >= 0.6 is 0 Å². The van der Waals surface area contributed by atoms with Crippen LogP contribution < -0.4 is 10.1 Å². The molecular weight excluding hydrogens is 214 g/mol. The fourth-order valence-corrected chi connectivity index (χ4v) is 2.63. The van der Waals surface area contributed by atoms with Crippen molar-refractivity contribution in [3.63, 3.8) is 0 Å². The maximum Gasteiger partial charge on any atom is 0.165 e. The van der Waals surface area contributed by atoms with Gasteiger partial charge in [-0.05, 0) is 36.1 Å². The molecule has 1 N–H and O–H groups in total. The first-order valence-corrected chi connectivity index (χ1v) is 5.97. The van der Waals surface area contributed by atoms with Crippen LogP contribution in [-0.2, 0) is 11.2 Å². The minimum Gasteiger partial charge on any atom is -0.497 e. The maximum atomic E-state index is 12.0. The monoisotopic (exact) mass is 229 g/mol. The quantitative estimate of drug-likeness (QED) is 0.799. The molecule has 0 unspecified atom stereocenters. The third-order valence-electron chi connectivity index (χ3n) is 3.50. The van der Waals surface area contributed by atoms with E-state index >= 15 is 0 Å². The number of hydrogen-bond acceptors (Lipinski definition) is 3. The van der Waals surface area contributed by atoms with E-state index in [9.17, 15) is 4.79 Å². The van der Waals surface area contributed by atoms with Crippen LogP contribution in [0.15, 0.2) is 23.9 Å². The second-order valence-corrected chi connectivity index (χ2v) is 4.48. The Hall–Kier alpha value is -1.77. The third kappa shape index (κ3) is 1.62. The van der Waals surface area contributed by atoms with Gasteiger partial charge in [-0.2, -0.15) is 0 Å². The molecule has 3 nitrogen and oxygen atoms in total. The number of fused-ring (bicyclic) bond motifs is 2. The number of Topliss-reactive ketones (excluding diaryl/α,β-unsaturated/α-hetero) is 1. The number of allylic oxidation sites excluding steroid dienone is 2. The van der Waals surface area contributed by atoms with Crippen LogP contribution in [0.3, 0.4) is 0 Å².